The lowest BCUT2D eigenvalue weighted by molar-refractivity contribution is -0.145. The normalized spacial score (nSPS) is 11.8. The van der Waals surface area contributed by atoms with Gasteiger partial charge in [0.15, 0.2) is 11.7 Å². The molecular weight excluding hydrogens is 480 g/mol. The van der Waals surface area contributed by atoms with E-state index in [-0.39, 0.29) is 0 Å². The van der Waals surface area contributed by atoms with E-state index in [1.54, 1.807) is 25.1 Å². The number of carboxylic acids is 1. The number of aliphatic carboxylic acids is 1. The van der Waals surface area contributed by atoms with E-state index < -0.39 is 12.1 Å². The van der Waals surface area contributed by atoms with Crippen LogP contribution < -0.4 is 14.4 Å². The first kappa shape index (κ1) is 25.4. The molecule has 1 unspecified atom stereocenters. The Hall–Kier alpha value is -3.71. The van der Waals surface area contributed by atoms with Crippen molar-refractivity contribution in [3.8, 4) is 11.5 Å². The maximum atomic E-state index is 11.3. The fourth-order valence-electron chi connectivity index (χ4n) is 3.79. The van der Waals surface area contributed by atoms with Crippen molar-refractivity contribution >= 4 is 34.7 Å². The third-order valence-electron chi connectivity index (χ3n) is 5.70. The van der Waals surface area contributed by atoms with Gasteiger partial charge in [0.25, 0.3) is 6.01 Å². The number of carbonyl (C=O) groups is 1. The van der Waals surface area contributed by atoms with Crippen LogP contribution in [-0.4, -0.2) is 41.9 Å². The first-order valence-corrected chi connectivity index (χ1v) is 12.4. The first-order valence-electron chi connectivity index (χ1n) is 12.0. The van der Waals surface area contributed by atoms with Crippen LogP contribution in [0.3, 0.4) is 0 Å². The molecule has 4 aromatic rings. The van der Waals surface area contributed by atoms with E-state index in [9.17, 15) is 9.90 Å². The highest BCUT2D eigenvalue weighted by molar-refractivity contribution is 6.30. The number of rotatable bonds is 13. The summed E-state index contributed by atoms with van der Waals surface area (Å²) in [7, 11) is 0. The number of halogens is 1. The minimum absolute atomic E-state index is 0.392. The van der Waals surface area contributed by atoms with Gasteiger partial charge in [-0.15, -0.1) is 0 Å². The lowest BCUT2D eigenvalue weighted by Crippen LogP contribution is -2.28. The smallest absolute Gasteiger partial charge is 0.344 e. The van der Waals surface area contributed by atoms with Crippen LogP contribution in [0.5, 0.6) is 11.5 Å². The van der Waals surface area contributed by atoms with Gasteiger partial charge in [0, 0.05) is 18.1 Å². The van der Waals surface area contributed by atoms with E-state index in [1.807, 2.05) is 54.6 Å². The Labute approximate surface area is 215 Å². The van der Waals surface area contributed by atoms with Crippen LogP contribution in [0.1, 0.15) is 25.3 Å². The van der Waals surface area contributed by atoms with E-state index in [4.69, 9.17) is 25.5 Å². The van der Waals surface area contributed by atoms with Crippen LogP contribution >= 0.6 is 11.6 Å². The van der Waals surface area contributed by atoms with Gasteiger partial charge in [-0.2, -0.15) is 4.98 Å². The molecule has 3 aromatic carbocycles. The molecule has 0 bridgehead atoms. The standard InChI is InChI=1S/C28H29ClN2O5/c1-2-25(27(32)33)35-23-8-5-7-20(19-23)15-17-31(28-30-24-9-3-4-10-26(24)36-28)16-6-18-34-22-13-11-21(29)12-14-22/h3-5,7-14,19,25H,2,6,15-18H2,1H3,(H,32,33). The third kappa shape index (κ3) is 6.92. The second-order valence-electron chi connectivity index (χ2n) is 8.36. The third-order valence-corrected chi connectivity index (χ3v) is 5.95. The Bertz CT molecular complexity index is 1240. The molecule has 188 valence electrons. The van der Waals surface area contributed by atoms with Crippen molar-refractivity contribution in [2.75, 3.05) is 24.6 Å². The van der Waals surface area contributed by atoms with Gasteiger partial charge < -0.3 is 23.9 Å². The quantitative estimate of drug-likeness (QED) is 0.214. The molecule has 0 aliphatic heterocycles. The molecule has 0 aliphatic carbocycles. The number of anilines is 1. The Morgan fingerprint density at radius 1 is 1.06 bits per heavy atom. The second-order valence-corrected chi connectivity index (χ2v) is 8.79. The monoisotopic (exact) mass is 508 g/mol. The van der Waals surface area contributed by atoms with Crippen molar-refractivity contribution in [2.24, 2.45) is 0 Å². The second kappa shape index (κ2) is 12.3. The Kier molecular flexibility index (Phi) is 8.68. The van der Waals surface area contributed by atoms with E-state index in [2.05, 4.69) is 9.88 Å². The average Bonchev–Trinajstić information content (AvgIpc) is 3.32. The molecule has 0 amide bonds. The number of benzene rings is 3. The highest BCUT2D eigenvalue weighted by Crippen LogP contribution is 2.23. The summed E-state index contributed by atoms with van der Waals surface area (Å²) >= 11 is 5.94. The zero-order valence-electron chi connectivity index (χ0n) is 20.1. The number of ether oxygens (including phenoxy) is 2. The van der Waals surface area contributed by atoms with Crippen molar-refractivity contribution in [1.29, 1.82) is 0 Å². The van der Waals surface area contributed by atoms with Gasteiger partial charge in [-0.05, 0) is 73.4 Å². The Balaban J connectivity index is 1.41. The van der Waals surface area contributed by atoms with Crippen molar-refractivity contribution in [3.05, 3.63) is 83.4 Å². The minimum Gasteiger partial charge on any atom is -0.494 e. The Morgan fingerprint density at radius 2 is 1.86 bits per heavy atom. The summed E-state index contributed by atoms with van der Waals surface area (Å²) in [5.74, 6) is 0.355. The lowest BCUT2D eigenvalue weighted by atomic mass is 10.1. The largest absolute Gasteiger partial charge is 0.494 e. The molecule has 1 heterocycles. The van der Waals surface area contributed by atoms with Gasteiger partial charge in [0.2, 0.25) is 0 Å². The summed E-state index contributed by atoms with van der Waals surface area (Å²) in [5.41, 5.74) is 2.58. The van der Waals surface area contributed by atoms with E-state index in [1.165, 1.54) is 0 Å². The average molecular weight is 509 g/mol. The highest BCUT2D eigenvalue weighted by atomic mass is 35.5. The fraction of sp³-hybridized carbons (Fsp3) is 0.286. The van der Waals surface area contributed by atoms with Crippen LogP contribution in [-0.2, 0) is 11.2 Å². The van der Waals surface area contributed by atoms with Gasteiger partial charge in [0.05, 0.1) is 6.61 Å². The highest BCUT2D eigenvalue weighted by Gasteiger charge is 2.17. The molecule has 8 heteroatoms. The molecular formula is C28H29ClN2O5. The predicted octanol–water partition coefficient (Wildman–Crippen LogP) is 6.24. The number of aromatic nitrogens is 1. The predicted molar refractivity (Wildman–Crippen MR) is 140 cm³/mol. The fourth-order valence-corrected chi connectivity index (χ4v) is 3.91. The van der Waals surface area contributed by atoms with Crippen LogP contribution in [0, 0.1) is 0 Å². The van der Waals surface area contributed by atoms with Gasteiger partial charge in [-0.25, -0.2) is 4.79 Å². The summed E-state index contributed by atoms with van der Waals surface area (Å²) in [6, 6.07) is 23.1. The zero-order chi connectivity index (χ0) is 25.3. The molecule has 0 spiro atoms. The number of nitrogens with zero attached hydrogens (tertiary/aromatic N) is 2. The molecule has 4 rings (SSSR count). The van der Waals surface area contributed by atoms with E-state index in [0.29, 0.717) is 49.3 Å². The summed E-state index contributed by atoms with van der Waals surface area (Å²) < 4.78 is 17.5. The first-order chi connectivity index (χ1) is 17.5. The number of hydrogen-bond donors (Lipinski definition) is 1. The van der Waals surface area contributed by atoms with Crippen molar-refractivity contribution in [1.82, 2.24) is 4.98 Å². The van der Waals surface area contributed by atoms with Crippen LogP contribution in [0.15, 0.2) is 77.2 Å². The molecule has 1 N–H and O–H groups in total. The topological polar surface area (TPSA) is 85.0 Å². The van der Waals surface area contributed by atoms with Crippen LogP contribution in [0.4, 0.5) is 6.01 Å². The Morgan fingerprint density at radius 3 is 2.61 bits per heavy atom. The molecule has 0 aliphatic rings. The van der Waals surface area contributed by atoms with E-state index in [0.717, 1.165) is 28.8 Å². The summed E-state index contributed by atoms with van der Waals surface area (Å²) in [6.07, 6.45) is 1.000. The van der Waals surface area contributed by atoms with Gasteiger partial charge in [0.1, 0.15) is 17.0 Å². The summed E-state index contributed by atoms with van der Waals surface area (Å²) in [6.45, 7) is 3.67. The number of hydrogen-bond acceptors (Lipinski definition) is 6. The summed E-state index contributed by atoms with van der Waals surface area (Å²) in [4.78, 5) is 18.1. The van der Waals surface area contributed by atoms with Crippen molar-refractivity contribution in [2.45, 2.75) is 32.3 Å². The maximum Gasteiger partial charge on any atom is 0.344 e. The maximum absolute atomic E-state index is 11.3. The van der Waals surface area contributed by atoms with Crippen molar-refractivity contribution in [3.63, 3.8) is 0 Å². The molecule has 7 nitrogen and oxygen atoms in total. The number of para-hydroxylation sites is 2. The molecule has 0 radical (unpaired) electrons. The molecule has 0 saturated carbocycles. The lowest BCUT2D eigenvalue weighted by Gasteiger charge is -2.21. The molecule has 0 fully saturated rings. The van der Waals surface area contributed by atoms with Crippen molar-refractivity contribution < 1.29 is 23.8 Å². The molecule has 1 atom stereocenters. The van der Waals surface area contributed by atoms with Crippen LogP contribution in [0.2, 0.25) is 5.02 Å². The molecule has 1 aromatic heterocycles. The zero-order valence-corrected chi connectivity index (χ0v) is 20.9. The minimum atomic E-state index is -0.967. The molecule has 36 heavy (non-hydrogen) atoms. The number of carboxylic acid groups (broad SMARTS) is 1. The van der Waals surface area contributed by atoms with Crippen LogP contribution in [0.25, 0.3) is 11.1 Å². The number of fused-ring (bicyclic) bond motifs is 1. The van der Waals surface area contributed by atoms with Gasteiger partial charge >= 0.3 is 5.97 Å². The summed E-state index contributed by atoms with van der Waals surface area (Å²) in [5, 5.41) is 9.96. The molecule has 0 saturated heterocycles. The SMILES string of the molecule is CCC(Oc1cccc(CCN(CCCOc2ccc(Cl)cc2)c2nc3ccccc3o2)c1)C(=O)O. The van der Waals surface area contributed by atoms with Gasteiger partial charge in [-0.3, -0.25) is 0 Å². The van der Waals surface area contributed by atoms with E-state index >= 15 is 0 Å². The van der Waals surface area contributed by atoms with Gasteiger partial charge in [-0.1, -0.05) is 42.8 Å². The number of oxazole rings is 1.